The van der Waals surface area contributed by atoms with Gasteiger partial charge in [0.1, 0.15) is 17.4 Å². The van der Waals surface area contributed by atoms with Crippen molar-refractivity contribution in [3.8, 4) is 5.75 Å². The molecule has 6 heteroatoms. The van der Waals surface area contributed by atoms with Crippen molar-refractivity contribution in [2.45, 2.75) is 13.1 Å². The van der Waals surface area contributed by atoms with Crippen molar-refractivity contribution < 1.29 is 4.74 Å². The van der Waals surface area contributed by atoms with Crippen LogP contribution in [0.15, 0.2) is 28.3 Å². The molecule has 1 unspecified atom stereocenters. The van der Waals surface area contributed by atoms with Crippen LogP contribution >= 0.6 is 11.6 Å². The molecule has 88 valence electrons. The number of halogens is 1. The molecule has 1 rings (SSSR count). The first-order valence-electron chi connectivity index (χ1n) is 4.83. The van der Waals surface area contributed by atoms with E-state index < -0.39 is 0 Å². The van der Waals surface area contributed by atoms with Crippen LogP contribution in [0.4, 0.5) is 0 Å². The predicted molar refractivity (Wildman–Crippen MR) is 64.7 cm³/mol. The van der Waals surface area contributed by atoms with Gasteiger partial charge in [0.2, 0.25) is 0 Å². The minimum atomic E-state index is -0.261. The summed E-state index contributed by atoms with van der Waals surface area (Å²) < 4.78 is 5.08. The largest absolute Gasteiger partial charge is 0.497 e. The number of nitrogens with zero attached hydrogens (tertiary/aromatic N) is 2. The van der Waals surface area contributed by atoms with Crippen molar-refractivity contribution in [2.75, 3.05) is 14.2 Å². The van der Waals surface area contributed by atoms with Crippen molar-refractivity contribution in [3.63, 3.8) is 0 Å². The second kappa shape index (κ2) is 6.17. The number of rotatable bonds is 3. The molecule has 0 aliphatic carbocycles. The molecule has 0 bridgehead atoms. The van der Waals surface area contributed by atoms with Gasteiger partial charge in [0.05, 0.1) is 7.11 Å². The number of nitrogens with one attached hydrogen (secondary N) is 2. The highest BCUT2D eigenvalue weighted by molar-refractivity contribution is 6.64. The van der Waals surface area contributed by atoms with Gasteiger partial charge in [-0.1, -0.05) is 0 Å². The quantitative estimate of drug-likeness (QED) is 0.474. The molecule has 5 nitrogen and oxygen atoms in total. The number of aromatic amines is 1. The van der Waals surface area contributed by atoms with Crippen molar-refractivity contribution in [3.05, 3.63) is 23.8 Å². The molecule has 0 spiro atoms. The maximum Gasteiger partial charge on any atom is 0.193 e. The van der Waals surface area contributed by atoms with Gasteiger partial charge in [0.15, 0.2) is 5.29 Å². The summed E-state index contributed by atoms with van der Waals surface area (Å²) in [5.74, 6) is 0.744. The summed E-state index contributed by atoms with van der Waals surface area (Å²) >= 11 is 5.73. The number of amidine groups is 1. The number of aromatic nitrogens is 1. The molecule has 0 amide bonds. The number of methoxy groups -OCH3 is 1. The summed E-state index contributed by atoms with van der Waals surface area (Å²) in [4.78, 5) is 11.4. The molecule has 0 fully saturated rings. The van der Waals surface area contributed by atoms with E-state index >= 15 is 0 Å². The van der Waals surface area contributed by atoms with E-state index in [2.05, 4.69) is 20.3 Å². The number of H-pyrrole nitrogens is 1. The van der Waals surface area contributed by atoms with E-state index in [0.717, 1.165) is 5.75 Å². The maximum atomic E-state index is 5.73. The summed E-state index contributed by atoms with van der Waals surface area (Å²) in [6.45, 7) is 1.84. The zero-order valence-corrected chi connectivity index (χ0v) is 10.2. The van der Waals surface area contributed by atoms with Crippen LogP contribution in [0.25, 0.3) is 0 Å². The highest BCUT2D eigenvalue weighted by Gasteiger charge is 1.97. The van der Waals surface area contributed by atoms with Crippen molar-refractivity contribution in [2.24, 2.45) is 9.98 Å². The lowest BCUT2D eigenvalue weighted by atomic mass is 10.4. The Bertz CT molecular complexity index is 427. The van der Waals surface area contributed by atoms with E-state index in [1.54, 1.807) is 26.4 Å². The number of pyridine rings is 1. The minimum Gasteiger partial charge on any atom is -0.497 e. The fourth-order valence-electron chi connectivity index (χ4n) is 1.09. The van der Waals surface area contributed by atoms with Crippen LogP contribution < -0.4 is 15.5 Å². The number of hydrogen-bond donors (Lipinski definition) is 2. The fraction of sp³-hybridized carbons (Fsp3) is 0.400. The molecular formula is C10H15ClN4O. The van der Waals surface area contributed by atoms with Crippen molar-refractivity contribution in [1.82, 2.24) is 10.3 Å². The van der Waals surface area contributed by atoms with Crippen LogP contribution in [0.1, 0.15) is 6.92 Å². The van der Waals surface area contributed by atoms with Crippen molar-refractivity contribution >= 4 is 16.9 Å². The molecule has 0 aliphatic rings. The molecule has 1 atom stereocenters. The first-order valence-corrected chi connectivity index (χ1v) is 5.21. The van der Waals surface area contributed by atoms with Gasteiger partial charge < -0.3 is 15.0 Å². The van der Waals surface area contributed by atoms with E-state index in [-0.39, 0.29) is 6.17 Å². The van der Waals surface area contributed by atoms with E-state index in [4.69, 9.17) is 16.3 Å². The second-order valence-electron chi connectivity index (χ2n) is 3.04. The molecule has 0 aromatic carbocycles. The standard InChI is InChI=1S/C10H15ClN4O/c1-7(15-10(11)12-2)14-9-6-8(16-3)4-5-13-9/h4-7H,1-3H3,(H,12,15)(H,13,14). The lowest BCUT2D eigenvalue weighted by Gasteiger charge is -2.02. The summed E-state index contributed by atoms with van der Waals surface area (Å²) in [6, 6.07) is 3.60. The monoisotopic (exact) mass is 242 g/mol. The second-order valence-corrected chi connectivity index (χ2v) is 3.40. The van der Waals surface area contributed by atoms with Crippen LogP contribution in [-0.4, -0.2) is 30.6 Å². The maximum absolute atomic E-state index is 5.73. The van der Waals surface area contributed by atoms with Crippen LogP contribution in [-0.2, 0) is 0 Å². The third-order valence-corrected chi connectivity index (χ3v) is 2.11. The Hall–Kier alpha value is -1.49. The van der Waals surface area contributed by atoms with Crippen LogP contribution in [0.3, 0.4) is 0 Å². The molecule has 0 radical (unpaired) electrons. The lowest BCUT2D eigenvalue weighted by Crippen LogP contribution is -2.16. The highest BCUT2D eigenvalue weighted by Crippen LogP contribution is 2.02. The van der Waals surface area contributed by atoms with E-state index in [9.17, 15) is 0 Å². The van der Waals surface area contributed by atoms with Gasteiger partial charge in [-0.05, 0) is 24.6 Å². The average molecular weight is 243 g/mol. The molecule has 1 aromatic rings. The van der Waals surface area contributed by atoms with E-state index in [1.165, 1.54) is 0 Å². The molecular weight excluding hydrogens is 228 g/mol. The number of aliphatic imine (C=N–C) groups is 1. The molecule has 16 heavy (non-hydrogen) atoms. The van der Waals surface area contributed by atoms with Gasteiger partial charge >= 0.3 is 0 Å². The Kier molecular flexibility index (Phi) is 4.85. The lowest BCUT2D eigenvalue weighted by molar-refractivity contribution is 0.413. The summed E-state index contributed by atoms with van der Waals surface area (Å²) in [5.41, 5.74) is 0.691. The number of hydrogen-bond acceptors (Lipinski definition) is 3. The van der Waals surface area contributed by atoms with E-state index in [0.29, 0.717) is 10.8 Å². The van der Waals surface area contributed by atoms with Crippen LogP contribution in [0.2, 0.25) is 0 Å². The first-order chi connectivity index (χ1) is 7.65. The number of ether oxygens (including phenoxy) is 1. The van der Waals surface area contributed by atoms with Gasteiger partial charge in [-0.15, -0.1) is 0 Å². The van der Waals surface area contributed by atoms with Crippen LogP contribution in [0, 0.1) is 0 Å². The Morgan fingerprint density at radius 3 is 3.00 bits per heavy atom. The fourth-order valence-corrected chi connectivity index (χ4v) is 1.24. The third kappa shape index (κ3) is 3.94. The van der Waals surface area contributed by atoms with E-state index in [1.807, 2.05) is 13.0 Å². The van der Waals surface area contributed by atoms with Crippen molar-refractivity contribution in [1.29, 1.82) is 0 Å². The Balaban J connectivity index is 2.90. The summed E-state index contributed by atoms with van der Waals surface area (Å²) in [6.07, 6.45) is 1.50. The molecule has 1 aromatic heterocycles. The minimum absolute atomic E-state index is 0.261. The van der Waals surface area contributed by atoms with Gasteiger partial charge in [-0.2, -0.15) is 0 Å². The van der Waals surface area contributed by atoms with Crippen LogP contribution in [0.5, 0.6) is 5.75 Å². The zero-order chi connectivity index (χ0) is 12.0. The Morgan fingerprint density at radius 1 is 1.62 bits per heavy atom. The van der Waals surface area contributed by atoms with Gasteiger partial charge in [0, 0.05) is 19.3 Å². The normalized spacial score (nSPS) is 14.8. The third-order valence-electron chi connectivity index (χ3n) is 1.83. The van der Waals surface area contributed by atoms with Gasteiger partial charge in [0.25, 0.3) is 0 Å². The molecule has 1 heterocycles. The molecule has 0 saturated carbocycles. The summed E-state index contributed by atoms with van der Waals surface area (Å²) in [5, 5.41) is 3.06. The Morgan fingerprint density at radius 2 is 2.38 bits per heavy atom. The molecule has 0 saturated heterocycles. The highest BCUT2D eigenvalue weighted by atomic mass is 35.5. The Labute approximate surface area is 99.2 Å². The summed E-state index contributed by atoms with van der Waals surface area (Å²) in [7, 11) is 3.31. The van der Waals surface area contributed by atoms with Gasteiger partial charge in [-0.25, -0.2) is 9.98 Å². The zero-order valence-electron chi connectivity index (χ0n) is 9.49. The molecule has 2 N–H and O–H groups in total. The predicted octanol–water partition coefficient (Wildman–Crippen LogP) is 1.08. The SMILES string of the molecule is CN/C(Cl)=N\C(C)/N=c1/cc(OC)cc[nH]1. The first kappa shape index (κ1) is 12.6. The smallest absolute Gasteiger partial charge is 0.193 e. The van der Waals surface area contributed by atoms with Gasteiger partial charge in [-0.3, -0.25) is 0 Å². The molecule has 0 aliphatic heterocycles. The average Bonchev–Trinajstić information content (AvgIpc) is 2.28. The topological polar surface area (TPSA) is 61.8 Å².